The Morgan fingerprint density at radius 2 is 2.15 bits per heavy atom. The molecule has 5 nitrogen and oxygen atoms in total. The number of anilines is 1. The van der Waals surface area contributed by atoms with Gasteiger partial charge in [-0.05, 0) is 13.8 Å². The zero-order chi connectivity index (χ0) is 14.7. The predicted octanol–water partition coefficient (Wildman–Crippen LogP) is 2.24. The molecule has 0 aliphatic carbocycles. The second kappa shape index (κ2) is 6.70. The van der Waals surface area contributed by atoms with Crippen molar-refractivity contribution in [3.63, 3.8) is 0 Å². The molecule has 0 aromatic carbocycles. The first-order chi connectivity index (χ1) is 9.55. The van der Waals surface area contributed by atoms with Gasteiger partial charge in [0.2, 0.25) is 0 Å². The van der Waals surface area contributed by atoms with Crippen LogP contribution in [0.3, 0.4) is 0 Å². The molecule has 1 fully saturated rings. The fourth-order valence-corrected chi connectivity index (χ4v) is 2.66. The second-order valence-electron chi connectivity index (χ2n) is 5.16. The van der Waals surface area contributed by atoms with Crippen LogP contribution in [0.2, 0.25) is 5.15 Å². The first-order valence-corrected chi connectivity index (χ1v) is 7.35. The van der Waals surface area contributed by atoms with Gasteiger partial charge >= 0.3 is 0 Å². The number of hydrogen-bond donors (Lipinski definition) is 0. The maximum Gasteiger partial charge on any atom is 0.137 e. The van der Waals surface area contributed by atoms with Gasteiger partial charge in [0.25, 0.3) is 0 Å². The van der Waals surface area contributed by atoms with E-state index in [9.17, 15) is 0 Å². The number of rotatable bonds is 4. The number of aryl methyl sites for hydroxylation is 1. The van der Waals surface area contributed by atoms with Crippen LogP contribution in [0.25, 0.3) is 0 Å². The molecule has 6 heteroatoms. The largest absolute Gasteiger partial charge is 0.382 e. The Morgan fingerprint density at radius 3 is 2.80 bits per heavy atom. The Balaban J connectivity index is 2.27. The number of aromatic nitrogens is 2. The predicted molar refractivity (Wildman–Crippen MR) is 79.6 cm³/mol. The van der Waals surface area contributed by atoms with E-state index in [0.717, 1.165) is 36.7 Å². The molecule has 2 unspecified atom stereocenters. The van der Waals surface area contributed by atoms with Crippen molar-refractivity contribution in [2.75, 3.05) is 31.7 Å². The van der Waals surface area contributed by atoms with Gasteiger partial charge in [0, 0.05) is 32.2 Å². The van der Waals surface area contributed by atoms with Crippen LogP contribution in [0, 0.1) is 6.92 Å². The van der Waals surface area contributed by atoms with Crippen molar-refractivity contribution in [3.8, 4) is 0 Å². The summed E-state index contributed by atoms with van der Waals surface area (Å²) in [6.07, 6.45) is 0.970. The number of nitrogens with zero attached hydrogens (tertiary/aromatic N) is 3. The van der Waals surface area contributed by atoms with E-state index in [1.165, 1.54) is 0 Å². The Hall–Kier alpha value is -0.910. The van der Waals surface area contributed by atoms with Crippen LogP contribution >= 0.6 is 11.6 Å². The Kier molecular flexibility index (Phi) is 5.18. The number of ether oxygens (including phenoxy) is 2. The van der Waals surface area contributed by atoms with Gasteiger partial charge < -0.3 is 14.4 Å². The summed E-state index contributed by atoms with van der Waals surface area (Å²) in [6.45, 7) is 8.20. The number of methoxy groups -OCH3 is 1. The fraction of sp³-hybridized carbons (Fsp3) is 0.714. The molecular formula is C14H22ClN3O2. The Morgan fingerprint density at radius 1 is 1.40 bits per heavy atom. The van der Waals surface area contributed by atoms with Gasteiger partial charge in [0.1, 0.15) is 16.8 Å². The molecule has 112 valence electrons. The molecule has 0 N–H and O–H groups in total. The van der Waals surface area contributed by atoms with Crippen molar-refractivity contribution in [3.05, 3.63) is 16.5 Å². The maximum absolute atomic E-state index is 6.22. The molecule has 1 aromatic rings. The first kappa shape index (κ1) is 15.5. The molecule has 1 aliphatic rings. The van der Waals surface area contributed by atoms with Crippen molar-refractivity contribution in [2.45, 2.75) is 39.4 Å². The summed E-state index contributed by atoms with van der Waals surface area (Å²) in [7, 11) is 1.69. The topological polar surface area (TPSA) is 47.5 Å². The third-order valence-corrected chi connectivity index (χ3v) is 3.77. The van der Waals surface area contributed by atoms with Crippen LogP contribution < -0.4 is 4.90 Å². The minimum absolute atomic E-state index is 0.0574. The third-order valence-electron chi connectivity index (χ3n) is 3.40. The molecule has 20 heavy (non-hydrogen) atoms. The molecule has 2 rings (SSSR count). The Labute approximate surface area is 125 Å². The van der Waals surface area contributed by atoms with Crippen LogP contribution in [0.1, 0.15) is 25.2 Å². The summed E-state index contributed by atoms with van der Waals surface area (Å²) in [5.41, 5.74) is 0.925. The molecular weight excluding hydrogens is 278 g/mol. The van der Waals surface area contributed by atoms with E-state index in [2.05, 4.69) is 21.8 Å². The molecule has 0 saturated carbocycles. The van der Waals surface area contributed by atoms with E-state index in [1.54, 1.807) is 7.11 Å². The standard InChI is InChI=1S/C14H22ClN3O2/c1-5-12-16-13(15)10(3)14(17-12)18-6-9(2)20-11(7-18)8-19-4/h9,11H,5-8H2,1-4H3. The van der Waals surface area contributed by atoms with Crippen molar-refractivity contribution in [2.24, 2.45) is 0 Å². The van der Waals surface area contributed by atoms with E-state index >= 15 is 0 Å². The first-order valence-electron chi connectivity index (χ1n) is 6.97. The monoisotopic (exact) mass is 299 g/mol. The summed E-state index contributed by atoms with van der Waals surface area (Å²) in [6, 6.07) is 0. The van der Waals surface area contributed by atoms with E-state index in [4.69, 9.17) is 21.1 Å². The number of halogens is 1. The maximum atomic E-state index is 6.22. The summed E-state index contributed by atoms with van der Waals surface area (Å²) < 4.78 is 11.1. The quantitative estimate of drug-likeness (QED) is 0.798. The fourth-order valence-electron chi connectivity index (χ4n) is 2.48. The lowest BCUT2D eigenvalue weighted by atomic mass is 10.2. The molecule has 0 spiro atoms. The van der Waals surface area contributed by atoms with E-state index in [-0.39, 0.29) is 12.2 Å². The van der Waals surface area contributed by atoms with Crippen LogP contribution in [0.4, 0.5) is 5.82 Å². The second-order valence-corrected chi connectivity index (χ2v) is 5.52. The molecule has 2 heterocycles. The molecule has 1 aromatic heterocycles. The minimum atomic E-state index is 0.0574. The van der Waals surface area contributed by atoms with Gasteiger partial charge in [0.05, 0.1) is 18.8 Å². The minimum Gasteiger partial charge on any atom is -0.382 e. The lowest BCUT2D eigenvalue weighted by molar-refractivity contribution is -0.0513. The van der Waals surface area contributed by atoms with Gasteiger partial charge in [-0.1, -0.05) is 18.5 Å². The van der Waals surface area contributed by atoms with Gasteiger partial charge in [-0.3, -0.25) is 0 Å². The molecule has 0 amide bonds. The number of morpholine rings is 1. The van der Waals surface area contributed by atoms with E-state index in [0.29, 0.717) is 11.8 Å². The number of hydrogen-bond acceptors (Lipinski definition) is 5. The summed E-state index contributed by atoms with van der Waals surface area (Å²) in [4.78, 5) is 11.2. The summed E-state index contributed by atoms with van der Waals surface area (Å²) in [5.74, 6) is 1.69. The highest BCUT2D eigenvalue weighted by Crippen LogP contribution is 2.26. The average Bonchev–Trinajstić information content (AvgIpc) is 2.41. The molecule has 2 atom stereocenters. The van der Waals surface area contributed by atoms with Gasteiger partial charge in [-0.25, -0.2) is 9.97 Å². The third kappa shape index (κ3) is 3.40. The summed E-state index contributed by atoms with van der Waals surface area (Å²) in [5, 5.41) is 0.536. The molecule has 0 bridgehead atoms. The molecule has 1 aliphatic heterocycles. The van der Waals surface area contributed by atoms with Crippen LogP contribution in [-0.2, 0) is 15.9 Å². The van der Waals surface area contributed by atoms with Crippen LogP contribution in [0.15, 0.2) is 0 Å². The van der Waals surface area contributed by atoms with E-state index in [1.807, 2.05) is 13.8 Å². The van der Waals surface area contributed by atoms with Crippen molar-refractivity contribution < 1.29 is 9.47 Å². The van der Waals surface area contributed by atoms with Crippen molar-refractivity contribution >= 4 is 17.4 Å². The zero-order valence-corrected chi connectivity index (χ0v) is 13.3. The lowest BCUT2D eigenvalue weighted by Crippen LogP contribution is -2.49. The normalized spacial score (nSPS) is 23.1. The van der Waals surface area contributed by atoms with Gasteiger partial charge in [-0.2, -0.15) is 0 Å². The lowest BCUT2D eigenvalue weighted by Gasteiger charge is -2.38. The van der Waals surface area contributed by atoms with Crippen LogP contribution in [0.5, 0.6) is 0 Å². The average molecular weight is 300 g/mol. The highest BCUT2D eigenvalue weighted by Gasteiger charge is 2.27. The van der Waals surface area contributed by atoms with E-state index < -0.39 is 0 Å². The van der Waals surface area contributed by atoms with Crippen molar-refractivity contribution in [1.82, 2.24) is 9.97 Å². The highest BCUT2D eigenvalue weighted by molar-refractivity contribution is 6.30. The van der Waals surface area contributed by atoms with Gasteiger partial charge in [-0.15, -0.1) is 0 Å². The Bertz CT molecular complexity index is 470. The molecule has 0 radical (unpaired) electrons. The van der Waals surface area contributed by atoms with Crippen molar-refractivity contribution in [1.29, 1.82) is 0 Å². The molecule has 1 saturated heterocycles. The highest BCUT2D eigenvalue weighted by atomic mass is 35.5. The summed E-state index contributed by atoms with van der Waals surface area (Å²) >= 11 is 6.22. The zero-order valence-electron chi connectivity index (χ0n) is 12.5. The smallest absolute Gasteiger partial charge is 0.137 e. The van der Waals surface area contributed by atoms with Gasteiger partial charge in [0.15, 0.2) is 0 Å². The van der Waals surface area contributed by atoms with Crippen LogP contribution in [-0.4, -0.2) is 49.0 Å². The SMILES string of the molecule is CCc1nc(Cl)c(C)c(N2CC(C)OC(COC)C2)n1.